The highest BCUT2D eigenvalue weighted by Crippen LogP contribution is 2.36. The molecule has 2 unspecified atom stereocenters. The number of aromatic nitrogens is 2. The van der Waals surface area contributed by atoms with Crippen LogP contribution in [-0.2, 0) is 0 Å². The fourth-order valence-corrected chi connectivity index (χ4v) is 2.98. The van der Waals surface area contributed by atoms with Gasteiger partial charge in [0.2, 0.25) is 0 Å². The molecule has 0 saturated carbocycles. The molecule has 1 aromatic heterocycles. The minimum absolute atomic E-state index is 0.450. The monoisotopic (exact) mass is 242 g/mol. The van der Waals surface area contributed by atoms with E-state index in [9.17, 15) is 0 Å². The maximum atomic E-state index is 5.80. The highest BCUT2D eigenvalue weighted by atomic mass is 15.2. The van der Waals surface area contributed by atoms with Crippen molar-refractivity contribution in [2.45, 2.75) is 12.5 Å². The zero-order chi connectivity index (χ0) is 12.5. The molecule has 1 saturated heterocycles. The van der Waals surface area contributed by atoms with Crippen LogP contribution in [0.1, 0.15) is 18.0 Å². The van der Waals surface area contributed by atoms with Gasteiger partial charge in [-0.05, 0) is 31.5 Å². The van der Waals surface area contributed by atoms with Gasteiger partial charge < -0.3 is 5.73 Å². The van der Waals surface area contributed by atoms with Crippen molar-refractivity contribution in [3.8, 4) is 0 Å². The van der Waals surface area contributed by atoms with E-state index in [2.05, 4.69) is 40.3 Å². The molecule has 0 spiro atoms. The summed E-state index contributed by atoms with van der Waals surface area (Å²) in [5.74, 6) is 0.602. The van der Waals surface area contributed by atoms with Crippen LogP contribution >= 0.6 is 0 Å². The molecule has 1 aliphatic rings. The Morgan fingerprint density at radius 2 is 2.17 bits per heavy atom. The molecule has 1 aromatic carbocycles. The molecule has 0 amide bonds. The van der Waals surface area contributed by atoms with Crippen molar-refractivity contribution in [1.82, 2.24) is 15.1 Å². The lowest BCUT2D eigenvalue weighted by atomic mass is 9.96. The van der Waals surface area contributed by atoms with E-state index in [1.807, 2.05) is 12.4 Å². The van der Waals surface area contributed by atoms with Crippen molar-refractivity contribution in [2.75, 3.05) is 20.1 Å². The van der Waals surface area contributed by atoms with E-state index in [0.717, 1.165) is 24.9 Å². The van der Waals surface area contributed by atoms with E-state index in [0.29, 0.717) is 12.0 Å². The Morgan fingerprint density at radius 1 is 1.33 bits per heavy atom. The van der Waals surface area contributed by atoms with Gasteiger partial charge in [-0.15, -0.1) is 0 Å². The third kappa shape index (κ3) is 1.87. The fourth-order valence-electron chi connectivity index (χ4n) is 2.98. The van der Waals surface area contributed by atoms with Crippen LogP contribution in [0.3, 0.4) is 0 Å². The maximum absolute atomic E-state index is 5.80. The normalized spacial score (nSPS) is 24.8. The van der Waals surface area contributed by atoms with Gasteiger partial charge in [0.25, 0.3) is 0 Å². The van der Waals surface area contributed by atoms with Crippen molar-refractivity contribution in [2.24, 2.45) is 11.7 Å². The van der Waals surface area contributed by atoms with Crippen molar-refractivity contribution >= 4 is 10.8 Å². The van der Waals surface area contributed by atoms with Gasteiger partial charge in [0.1, 0.15) is 0 Å². The summed E-state index contributed by atoms with van der Waals surface area (Å²) >= 11 is 0. The van der Waals surface area contributed by atoms with Gasteiger partial charge in [0.05, 0.1) is 12.4 Å². The number of rotatable bonds is 2. The molecule has 1 fully saturated rings. The molecule has 4 nitrogen and oxygen atoms in total. The van der Waals surface area contributed by atoms with E-state index < -0.39 is 0 Å². The number of nitrogens with zero attached hydrogens (tertiary/aromatic N) is 3. The Hall–Kier alpha value is -1.52. The quantitative estimate of drug-likeness (QED) is 0.868. The first-order valence-corrected chi connectivity index (χ1v) is 6.39. The molecule has 18 heavy (non-hydrogen) atoms. The molecule has 4 heteroatoms. The smallest absolute Gasteiger partial charge is 0.0578 e. The molecule has 1 aliphatic heterocycles. The molecular weight excluding hydrogens is 224 g/mol. The van der Waals surface area contributed by atoms with Crippen LogP contribution in [-0.4, -0.2) is 35.2 Å². The largest absolute Gasteiger partial charge is 0.330 e. The second kappa shape index (κ2) is 4.63. The zero-order valence-corrected chi connectivity index (χ0v) is 10.6. The lowest BCUT2D eigenvalue weighted by Crippen LogP contribution is -2.20. The third-order valence-corrected chi connectivity index (χ3v) is 3.95. The summed E-state index contributed by atoms with van der Waals surface area (Å²) in [4.78, 5) is 2.40. The van der Waals surface area contributed by atoms with Crippen molar-refractivity contribution in [1.29, 1.82) is 0 Å². The standard InChI is InChI=1S/C14H18N4/c1-18-9-10(6-15)5-14(18)12-4-2-3-11-7-16-17-8-13(11)12/h2-4,7-8,10,14H,5-6,9,15H2,1H3. The Balaban J connectivity index is 2.04. The SMILES string of the molecule is CN1CC(CN)CC1c1cccc2cnncc12. The van der Waals surface area contributed by atoms with E-state index in [-0.39, 0.29) is 0 Å². The second-order valence-corrected chi connectivity index (χ2v) is 5.13. The van der Waals surface area contributed by atoms with Gasteiger partial charge in [0.15, 0.2) is 0 Å². The predicted octanol–water partition coefficient (Wildman–Crippen LogP) is 1.58. The molecule has 2 N–H and O–H groups in total. The Morgan fingerprint density at radius 3 is 2.94 bits per heavy atom. The fraction of sp³-hybridized carbons (Fsp3) is 0.429. The first-order chi connectivity index (χ1) is 8.79. The van der Waals surface area contributed by atoms with Gasteiger partial charge in [-0.25, -0.2) is 0 Å². The number of likely N-dealkylation sites (tertiary alicyclic amines) is 1. The van der Waals surface area contributed by atoms with E-state index in [4.69, 9.17) is 5.73 Å². The molecule has 2 atom stereocenters. The second-order valence-electron chi connectivity index (χ2n) is 5.13. The van der Waals surface area contributed by atoms with Gasteiger partial charge in [-0.1, -0.05) is 18.2 Å². The van der Waals surface area contributed by atoms with Crippen molar-refractivity contribution in [3.05, 3.63) is 36.2 Å². The first kappa shape index (κ1) is 11.6. The molecule has 2 aromatic rings. The molecule has 3 rings (SSSR count). The minimum Gasteiger partial charge on any atom is -0.330 e. The number of fused-ring (bicyclic) bond motifs is 1. The predicted molar refractivity (Wildman–Crippen MR) is 72.1 cm³/mol. The maximum Gasteiger partial charge on any atom is 0.0578 e. The zero-order valence-electron chi connectivity index (χ0n) is 10.6. The topological polar surface area (TPSA) is 55.0 Å². The summed E-state index contributed by atoms with van der Waals surface area (Å²) in [5, 5.41) is 10.3. The summed E-state index contributed by atoms with van der Waals surface area (Å²) in [6.45, 7) is 1.85. The number of hydrogen-bond acceptors (Lipinski definition) is 4. The highest BCUT2D eigenvalue weighted by molar-refractivity contribution is 5.84. The Bertz CT molecular complexity index is 549. The van der Waals surface area contributed by atoms with E-state index in [1.165, 1.54) is 10.9 Å². The van der Waals surface area contributed by atoms with Gasteiger partial charge in [-0.3, -0.25) is 4.90 Å². The number of benzene rings is 1. The van der Waals surface area contributed by atoms with E-state index >= 15 is 0 Å². The van der Waals surface area contributed by atoms with Gasteiger partial charge in [0, 0.05) is 23.4 Å². The number of nitrogens with two attached hydrogens (primary N) is 1. The Labute approximate surface area is 107 Å². The Kier molecular flexibility index (Phi) is 2.97. The average Bonchev–Trinajstić information content (AvgIpc) is 2.79. The number of hydrogen-bond donors (Lipinski definition) is 1. The molecule has 0 aliphatic carbocycles. The van der Waals surface area contributed by atoms with Crippen LogP contribution in [0.15, 0.2) is 30.6 Å². The first-order valence-electron chi connectivity index (χ1n) is 6.39. The molecule has 94 valence electrons. The lowest BCUT2D eigenvalue weighted by molar-refractivity contribution is 0.315. The highest BCUT2D eigenvalue weighted by Gasteiger charge is 2.30. The van der Waals surface area contributed by atoms with Crippen LogP contribution in [0.2, 0.25) is 0 Å². The van der Waals surface area contributed by atoms with Crippen LogP contribution < -0.4 is 5.73 Å². The summed E-state index contributed by atoms with van der Waals surface area (Å²) in [6.07, 6.45) is 4.83. The van der Waals surface area contributed by atoms with Gasteiger partial charge >= 0.3 is 0 Å². The minimum atomic E-state index is 0.450. The van der Waals surface area contributed by atoms with Crippen molar-refractivity contribution in [3.63, 3.8) is 0 Å². The summed E-state index contributed by atoms with van der Waals surface area (Å²) in [7, 11) is 2.17. The molecule has 0 radical (unpaired) electrons. The molecular formula is C14H18N4. The van der Waals surface area contributed by atoms with Crippen LogP contribution in [0.4, 0.5) is 0 Å². The summed E-state index contributed by atoms with van der Waals surface area (Å²) in [6, 6.07) is 6.84. The summed E-state index contributed by atoms with van der Waals surface area (Å²) < 4.78 is 0. The average molecular weight is 242 g/mol. The molecule has 0 bridgehead atoms. The molecule has 2 heterocycles. The van der Waals surface area contributed by atoms with Crippen LogP contribution in [0, 0.1) is 5.92 Å². The van der Waals surface area contributed by atoms with Crippen LogP contribution in [0.25, 0.3) is 10.8 Å². The van der Waals surface area contributed by atoms with Crippen molar-refractivity contribution < 1.29 is 0 Å². The summed E-state index contributed by atoms with van der Waals surface area (Å²) in [5.41, 5.74) is 7.15. The van der Waals surface area contributed by atoms with Gasteiger partial charge in [-0.2, -0.15) is 10.2 Å². The van der Waals surface area contributed by atoms with Crippen LogP contribution in [0.5, 0.6) is 0 Å². The lowest BCUT2D eigenvalue weighted by Gasteiger charge is -2.21. The van der Waals surface area contributed by atoms with E-state index in [1.54, 1.807) is 0 Å². The third-order valence-electron chi connectivity index (χ3n) is 3.95.